The van der Waals surface area contributed by atoms with E-state index in [0.717, 1.165) is 44.5 Å². The van der Waals surface area contributed by atoms with Crippen LogP contribution in [0.2, 0.25) is 0 Å². The van der Waals surface area contributed by atoms with Crippen LogP contribution in [0, 0.1) is 13.8 Å². The quantitative estimate of drug-likeness (QED) is 0.302. The molecule has 0 radical (unpaired) electrons. The molecule has 3 heteroatoms. The Kier molecular flexibility index (Phi) is 3.57. The molecule has 0 unspecified atom stereocenters. The fourth-order valence-corrected chi connectivity index (χ4v) is 5.25. The van der Waals surface area contributed by atoms with Crippen LogP contribution in [0.5, 0.6) is 0 Å². The second-order valence-electron chi connectivity index (χ2n) is 9.33. The first kappa shape index (κ1) is 18.3. The highest BCUT2D eigenvalue weighted by Gasteiger charge is 2.38. The van der Waals surface area contributed by atoms with Gasteiger partial charge >= 0.3 is 0 Å². The van der Waals surface area contributed by atoms with Crippen molar-refractivity contribution in [3.8, 4) is 22.5 Å². The van der Waals surface area contributed by atoms with E-state index in [1.807, 2.05) is 12.3 Å². The maximum absolute atomic E-state index is 6.75. The second kappa shape index (κ2) is 6.04. The smallest absolute Gasteiger partial charge is 0.216 e. The van der Waals surface area contributed by atoms with Gasteiger partial charge in [-0.1, -0.05) is 44.2 Å². The zero-order chi connectivity index (χ0) is 21.5. The number of fused-ring (bicyclic) bond motifs is 7. The fourth-order valence-electron chi connectivity index (χ4n) is 5.25. The Balaban J connectivity index is 1.76. The van der Waals surface area contributed by atoms with Gasteiger partial charge in [0.2, 0.25) is 5.69 Å². The maximum atomic E-state index is 6.75. The lowest BCUT2D eigenvalue weighted by molar-refractivity contribution is -0.660. The molecular weight excluding hydrogens is 380 g/mol. The molecule has 0 fully saturated rings. The summed E-state index contributed by atoms with van der Waals surface area (Å²) >= 11 is 0. The van der Waals surface area contributed by atoms with Gasteiger partial charge in [0.15, 0.2) is 6.20 Å². The molecule has 0 saturated heterocycles. The summed E-state index contributed by atoms with van der Waals surface area (Å²) in [4.78, 5) is 4.78. The zero-order valence-electron chi connectivity index (χ0n) is 18.6. The van der Waals surface area contributed by atoms with Crippen LogP contribution in [0.15, 0.2) is 65.3 Å². The van der Waals surface area contributed by atoms with E-state index in [1.54, 1.807) is 0 Å². The van der Waals surface area contributed by atoms with E-state index in [1.165, 1.54) is 22.3 Å². The van der Waals surface area contributed by atoms with Crippen LogP contribution < -0.4 is 4.57 Å². The number of furan rings is 1. The van der Waals surface area contributed by atoms with Crippen molar-refractivity contribution in [2.75, 3.05) is 0 Å². The third-order valence-corrected chi connectivity index (χ3v) is 6.97. The van der Waals surface area contributed by atoms with E-state index in [0.29, 0.717) is 0 Å². The Morgan fingerprint density at radius 2 is 1.61 bits per heavy atom. The molecule has 3 heterocycles. The summed E-state index contributed by atoms with van der Waals surface area (Å²) < 4.78 is 8.93. The molecule has 152 valence electrons. The number of hydrogen-bond acceptors (Lipinski definition) is 2. The molecule has 0 bridgehead atoms. The summed E-state index contributed by atoms with van der Waals surface area (Å²) in [6.45, 7) is 8.84. The van der Waals surface area contributed by atoms with Crippen molar-refractivity contribution in [3.05, 3.63) is 83.2 Å². The van der Waals surface area contributed by atoms with E-state index < -0.39 is 0 Å². The van der Waals surface area contributed by atoms with Crippen LogP contribution in [0.25, 0.3) is 44.5 Å². The van der Waals surface area contributed by atoms with E-state index in [4.69, 9.17) is 9.40 Å². The average molecular weight is 406 g/mol. The lowest BCUT2D eigenvalue weighted by atomic mass is 9.82. The van der Waals surface area contributed by atoms with Crippen molar-refractivity contribution in [2.24, 2.45) is 7.05 Å². The minimum absolute atomic E-state index is 0.0895. The lowest BCUT2D eigenvalue weighted by Gasteiger charge is -2.20. The number of rotatable bonds is 1. The molecule has 0 aliphatic heterocycles. The molecule has 1 aliphatic carbocycles. The van der Waals surface area contributed by atoms with Gasteiger partial charge in [-0.05, 0) is 42.2 Å². The third-order valence-electron chi connectivity index (χ3n) is 6.97. The summed E-state index contributed by atoms with van der Waals surface area (Å²) in [6.07, 6.45) is 4.00. The molecule has 0 N–H and O–H groups in total. The Morgan fingerprint density at radius 3 is 2.42 bits per heavy atom. The number of benzene rings is 2. The van der Waals surface area contributed by atoms with Crippen LogP contribution in [0.3, 0.4) is 0 Å². The molecule has 0 amide bonds. The van der Waals surface area contributed by atoms with Crippen molar-refractivity contribution < 1.29 is 8.98 Å². The molecule has 0 saturated carbocycles. The van der Waals surface area contributed by atoms with Gasteiger partial charge in [0.25, 0.3) is 0 Å². The second-order valence-corrected chi connectivity index (χ2v) is 9.33. The first-order valence-electron chi connectivity index (χ1n) is 10.8. The predicted molar refractivity (Wildman–Crippen MR) is 125 cm³/mol. The molecule has 6 rings (SSSR count). The van der Waals surface area contributed by atoms with Gasteiger partial charge in [0, 0.05) is 40.1 Å². The lowest BCUT2D eigenvalue weighted by Crippen LogP contribution is -2.30. The number of nitrogens with zero attached hydrogens (tertiary/aromatic N) is 2. The normalized spacial score (nSPS) is 14.2. The molecule has 31 heavy (non-hydrogen) atoms. The highest BCUT2D eigenvalue weighted by Crippen LogP contribution is 2.52. The third kappa shape index (κ3) is 2.35. The highest BCUT2D eigenvalue weighted by molar-refractivity contribution is 6.14. The summed E-state index contributed by atoms with van der Waals surface area (Å²) in [6, 6.07) is 17.5. The Labute approximate surface area is 182 Å². The minimum atomic E-state index is -0.0895. The van der Waals surface area contributed by atoms with Gasteiger partial charge < -0.3 is 4.42 Å². The highest BCUT2D eigenvalue weighted by atomic mass is 16.3. The van der Waals surface area contributed by atoms with Gasteiger partial charge in [-0.2, -0.15) is 0 Å². The van der Waals surface area contributed by atoms with Crippen molar-refractivity contribution in [3.63, 3.8) is 0 Å². The molecule has 1 aliphatic rings. The molecular formula is C28H25N2O+. The molecule has 0 atom stereocenters. The Hall–Kier alpha value is -3.46. The van der Waals surface area contributed by atoms with Gasteiger partial charge in [0.1, 0.15) is 18.2 Å². The first-order chi connectivity index (χ1) is 14.9. The van der Waals surface area contributed by atoms with Crippen molar-refractivity contribution >= 4 is 21.9 Å². The van der Waals surface area contributed by atoms with E-state index in [-0.39, 0.29) is 5.41 Å². The van der Waals surface area contributed by atoms with Crippen LogP contribution in [-0.4, -0.2) is 4.98 Å². The molecule has 5 aromatic rings. The number of hydrogen-bond donors (Lipinski definition) is 0. The summed E-state index contributed by atoms with van der Waals surface area (Å²) in [5.41, 5.74) is 11.3. The molecule has 3 nitrogen and oxygen atoms in total. The molecule has 2 aromatic carbocycles. The van der Waals surface area contributed by atoms with Gasteiger partial charge in [-0.3, -0.25) is 4.98 Å². The maximum Gasteiger partial charge on any atom is 0.216 e. The fraction of sp³-hybridized carbons (Fsp3) is 0.214. The summed E-state index contributed by atoms with van der Waals surface area (Å²) in [5.74, 6) is 0. The Bertz CT molecular complexity index is 1540. The molecule has 3 aromatic heterocycles. The SMILES string of the molecule is Cc1cc[n+](C)c(-c2c(C)ccc3c2oc2c4c(ccc23)C(C)(C)c2cccnc2-4)c1. The van der Waals surface area contributed by atoms with Crippen LogP contribution in [-0.2, 0) is 12.5 Å². The van der Waals surface area contributed by atoms with Crippen LogP contribution in [0.4, 0.5) is 0 Å². The average Bonchev–Trinajstić information content (AvgIpc) is 3.23. The monoisotopic (exact) mass is 405 g/mol. The summed E-state index contributed by atoms with van der Waals surface area (Å²) in [5, 5.41) is 2.31. The summed E-state index contributed by atoms with van der Waals surface area (Å²) in [7, 11) is 2.09. The van der Waals surface area contributed by atoms with Gasteiger partial charge in [0.05, 0.1) is 11.3 Å². The predicted octanol–water partition coefficient (Wildman–Crippen LogP) is 6.40. The largest absolute Gasteiger partial charge is 0.454 e. The topological polar surface area (TPSA) is 29.9 Å². The minimum Gasteiger partial charge on any atom is -0.454 e. The van der Waals surface area contributed by atoms with Gasteiger partial charge in [-0.15, -0.1) is 0 Å². The molecule has 0 spiro atoms. The standard InChI is InChI=1S/C28H25N2O/c1-16-12-14-30(5)22(15-16)23-17(2)8-9-18-19-10-11-20-24(27(19)31-26(18)23)25-21(28(20,3)4)7-6-13-29-25/h6-15H,1-5H3/q+1. The van der Waals surface area contributed by atoms with Crippen molar-refractivity contribution in [2.45, 2.75) is 33.1 Å². The first-order valence-corrected chi connectivity index (χ1v) is 10.8. The number of aromatic nitrogens is 2. The van der Waals surface area contributed by atoms with E-state index >= 15 is 0 Å². The van der Waals surface area contributed by atoms with Crippen LogP contribution in [0.1, 0.15) is 36.1 Å². The zero-order valence-corrected chi connectivity index (χ0v) is 18.6. The van der Waals surface area contributed by atoms with Crippen molar-refractivity contribution in [1.29, 1.82) is 0 Å². The van der Waals surface area contributed by atoms with E-state index in [2.05, 4.69) is 88.0 Å². The number of pyridine rings is 2. The van der Waals surface area contributed by atoms with Crippen LogP contribution >= 0.6 is 0 Å². The van der Waals surface area contributed by atoms with Crippen molar-refractivity contribution in [1.82, 2.24) is 4.98 Å². The van der Waals surface area contributed by atoms with Gasteiger partial charge in [-0.25, -0.2) is 4.57 Å². The Morgan fingerprint density at radius 1 is 0.871 bits per heavy atom. The van der Waals surface area contributed by atoms with E-state index in [9.17, 15) is 0 Å². The number of aryl methyl sites for hydroxylation is 3.